The number of unbranched alkanes of at least 4 members (excludes halogenated alkanes) is 2. The maximum Gasteiger partial charge on any atom is 0.308 e. The van der Waals surface area contributed by atoms with Gasteiger partial charge in [-0.25, -0.2) is 0 Å². The van der Waals surface area contributed by atoms with Gasteiger partial charge in [-0.2, -0.15) is 0 Å². The van der Waals surface area contributed by atoms with Gasteiger partial charge >= 0.3 is 5.97 Å². The predicted molar refractivity (Wildman–Crippen MR) is 87.6 cm³/mol. The fourth-order valence-electron chi connectivity index (χ4n) is 2.64. The minimum Gasteiger partial charge on any atom is -0.493 e. The lowest BCUT2D eigenvalue weighted by atomic mass is 10.1. The molecular formula is C17H22ClNO4. The SMILES string of the molecule is CCCCCOc1ccc(Cl)cc1CN1CC(C(=O)O)CC1=O. The molecule has 0 bridgehead atoms. The Morgan fingerprint density at radius 2 is 2.22 bits per heavy atom. The van der Waals surface area contributed by atoms with Gasteiger partial charge in [0.1, 0.15) is 5.75 Å². The normalized spacial score (nSPS) is 17.6. The van der Waals surface area contributed by atoms with Crippen LogP contribution in [0.1, 0.15) is 38.2 Å². The second-order valence-electron chi connectivity index (χ2n) is 5.82. The zero-order chi connectivity index (χ0) is 16.8. The van der Waals surface area contributed by atoms with Crippen molar-refractivity contribution in [1.29, 1.82) is 0 Å². The van der Waals surface area contributed by atoms with Gasteiger partial charge in [0.15, 0.2) is 0 Å². The van der Waals surface area contributed by atoms with Crippen molar-refractivity contribution in [3.8, 4) is 5.75 Å². The number of rotatable bonds is 8. The molecule has 1 aliphatic rings. The highest BCUT2D eigenvalue weighted by Crippen LogP contribution is 2.27. The maximum atomic E-state index is 12.0. The smallest absolute Gasteiger partial charge is 0.308 e. The summed E-state index contributed by atoms with van der Waals surface area (Å²) >= 11 is 6.05. The zero-order valence-corrected chi connectivity index (χ0v) is 14.0. The Bertz CT molecular complexity index is 576. The number of halogens is 1. The largest absolute Gasteiger partial charge is 0.493 e. The Hall–Kier alpha value is -1.75. The molecular weight excluding hydrogens is 318 g/mol. The molecule has 1 amide bonds. The number of hydrogen-bond acceptors (Lipinski definition) is 3. The molecule has 126 valence electrons. The van der Waals surface area contributed by atoms with Crippen LogP contribution in [0.25, 0.3) is 0 Å². The average Bonchev–Trinajstić information content (AvgIpc) is 2.87. The summed E-state index contributed by atoms with van der Waals surface area (Å²) in [6.45, 7) is 3.31. The number of carboxylic acid groups (broad SMARTS) is 1. The Morgan fingerprint density at radius 1 is 1.43 bits per heavy atom. The second-order valence-corrected chi connectivity index (χ2v) is 6.26. The summed E-state index contributed by atoms with van der Waals surface area (Å²) in [4.78, 5) is 24.6. The fraction of sp³-hybridized carbons (Fsp3) is 0.529. The van der Waals surface area contributed by atoms with Gasteiger partial charge in [0, 0.05) is 30.1 Å². The Kier molecular flexibility index (Phi) is 6.28. The Balaban J connectivity index is 2.04. The van der Waals surface area contributed by atoms with Crippen LogP contribution in [-0.4, -0.2) is 35.0 Å². The van der Waals surface area contributed by atoms with Crippen molar-refractivity contribution in [1.82, 2.24) is 4.90 Å². The Labute approximate surface area is 141 Å². The summed E-state index contributed by atoms with van der Waals surface area (Å²) in [5, 5.41) is 9.63. The summed E-state index contributed by atoms with van der Waals surface area (Å²) in [5.41, 5.74) is 0.813. The first kappa shape index (κ1) is 17.6. The number of carboxylic acids is 1. The van der Waals surface area contributed by atoms with Crippen LogP contribution in [-0.2, 0) is 16.1 Å². The van der Waals surface area contributed by atoms with E-state index < -0.39 is 11.9 Å². The van der Waals surface area contributed by atoms with Crippen LogP contribution in [0.4, 0.5) is 0 Å². The summed E-state index contributed by atoms with van der Waals surface area (Å²) in [7, 11) is 0. The van der Waals surface area contributed by atoms with Crippen molar-refractivity contribution < 1.29 is 19.4 Å². The first-order valence-electron chi connectivity index (χ1n) is 7.93. The lowest BCUT2D eigenvalue weighted by Crippen LogP contribution is -2.26. The van der Waals surface area contributed by atoms with Crippen LogP contribution in [0.2, 0.25) is 5.02 Å². The number of carbonyl (C=O) groups excluding carboxylic acids is 1. The van der Waals surface area contributed by atoms with E-state index in [1.807, 2.05) is 0 Å². The first-order chi connectivity index (χ1) is 11.0. The van der Waals surface area contributed by atoms with E-state index in [1.54, 1.807) is 23.1 Å². The molecule has 1 saturated heterocycles. The van der Waals surface area contributed by atoms with Gasteiger partial charge in [0.05, 0.1) is 12.5 Å². The number of hydrogen-bond donors (Lipinski definition) is 1. The third-order valence-corrected chi connectivity index (χ3v) is 4.19. The number of likely N-dealkylation sites (tertiary alicyclic amines) is 1. The lowest BCUT2D eigenvalue weighted by Gasteiger charge is -2.19. The van der Waals surface area contributed by atoms with E-state index in [0.717, 1.165) is 24.8 Å². The molecule has 2 rings (SSSR count). The molecule has 6 heteroatoms. The zero-order valence-electron chi connectivity index (χ0n) is 13.3. The van der Waals surface area contributed by atoms with E-state index in [-0.39, 0.29) is 18.9 Å². The van der Waals surface area contributed by atoms with Crippen LogP contribution < -0.4 is 4.74 Å². The van der Waals surface area contributed by atoms with Gasteiger partial charge in [-0.3, -0.25) is 9.59 Å². The third kappa shape index (κ3) is 4.86. The first-order valence-corrected chi connectivity index (χ1v) is 8.31. The van der Waals surface area contributed by atoms with Crippen LogP contribution in [0, 0.1) is 5.92 Å². The van der Waals surface area contributed by atoms with Crippen LogP contribution in [0.15, 0.2) is 18.2 Å². The van der Waals surface area contributed by atoms with E-state index in [1.165, 1.54) is 0 Å². The number of ether oxygens (including phenoxy) is 1. The van der Waals surface area contributed by atoms with Crippen molar-refractivity contribution in [2.45, 2.75) is 39.2 Å². The van der Waals surface area contributed by atoms with Crippen LogP contribution >= 0.6 is 11.6 Å². The molecule has 1 heterocycles. The van der Waals surface area contributed by atoms with Gasteiger partial charge in [0.2, 0.25) is 5.91 Å². The molecule has 1 fully saturated rings. The monoisotopic (exact) mass is 339 g/mol. The van der Waals surface area contributed by atoms with E-state index >= 15 is 0 Å². The quantitative estimate of drug-likeness (QED) is 0.738. The molecule has 0 saturated carbocycles. The number of nitrogens with zero attached hydrogens (tertiary/aromatic N) is 1. The molecule has 1 aromatic rings. The molecule has 0 aromatic heterocycles. The average molecular weight is 340 g/mol. The predicted octanol–water partition coefficient (Wildman–Crippen LogP) is 3.34. The molecule has 23 heavy (non-hydrogen) atoms. The molecule has 5 nitrogen and oxygen atoms in total. The summed E-state index contributed by atoms with van der Waals surface area (Å²) in [6.07, 6.45) is 3.26. The van der Waals surface area contributed by atoms with Crippen LogP contribution in [0.3, 0.4) is 0 Å². The second kappa shape index (κ2) is 8.20. The molecule has 1 N–H and O–H groups in total. The topological polar surface area (TPSA) is 66.8 Å². The van der Waals surface area contributed by atoms with E-state index in [0.29, 0.717) is 23.9 Å². The van der Waals surface area contributed by atoms with Gasteiger partial charge in [-0.05, 0) is 24.6 Å². The molecule has 1 unspecified atom stereocenters. The number of amides is 1. The minimum absolute atomic E-state index is 0.0581. The van der Waals surface area contributed by atoms with E-state index in [2.05, 4.69) is 6.92 Å². The standard InChI is InChI=1S/C17H22ClNO4/c1-2-3-4-7-23-15-6-5-14(18)8-12(15)10-19-11-13(17(21)22)9-16(19)20/h5-6,8,13H,2-4,7,9-11H2,1H3,(H,21,22). The lowest BCUT2D eigenvalue weighted by molar-refractivity contribution is -0.141. The molecule has 1 atom stereocenters. The van der Waals surface area contributed by atoms with Crippen molar-refractivity contribution in [2.24, 2.45) is 5.92 Å². The minimum atomic E-state index is -0.928. The number of aliphatic carboxylic acids is 1. The number of carbonyl (C=O) groups is 2. The summed E-state index contributed by atoms with van der Waals surface area (Å²) in [5.74, 6) is -0.995. The van der Waals surface area contributed by atoms with Crippen LogP contribution in [0.5, 0.6) is 5.75 Å². The van der Waals surface area contributed by atoms with E-state index in [4.69, 9.17) is 21.4 Å². The van der Waals surface area contributed by atoms with Gasteiger partial charge < -0.3 is 14.7 Å². The molecule has 0 radical (unpaired) electrons. The molecule has 0 spiro atoms. The van der Waals surface area contributed by atoms with Gasteiger partial charge in [0.25, 0.3) is 0 Å². The van der Waals surface area contributed by atoms with Crippen molar-refractivity contribution in [3.05, 3.63) is 28.8 Å². The summed E-state index contributed by atoms with van der Waals surface area (Å²) < 4.78 is 5.80. The highest BCUT2D eigenvalue weighted by molar-refractivity contribution is 6.30. The third-order valence-electron chi connectivity index (χ3n) is 3.95. The highest BCUT2D eigenvalue weighted by Gasteiger charge is 2.34. The fourth-order valence-corrected chi connectivity index (χ4v) is 2.84. The number of benzene rings is 1. The molecule has 0 aliphatic carbocycles. The van der Waals surface area contributed by atoms with Crippen molar-refractivity contribution in [3.63, 3.8) is 0 Å². The summed E-state index contributed by atoms with van der Waals surface area (Å²) in [6, 6.07) is 5.34. The van der Waals surface area contributed by atoms with Gasteiger partial charge in [-0.15, -0.1) is 0 Å². The highest BCUT2D eigenvalue weighted by atomic mass is 35.5. The molecule has 1 aliphatic heterocycles. The molecule has 1 aromatic carbocycles. The van der Waals surface area contributed by atoms with E-state index in [9.17, 15) is 9.59 Å². The Morgan fingerprint density at radius 3 is 2.87 bits per heavy atom. The van der Waals surface area contributed by atoms with Crippen molar-refractivity contribution >= 4 is 23.5 Å². The van der Waals surface area contributed by atoms with Gasteiger partial charge in [-0.1, -0.05) is 31.4 Å². The van der Waals surface area contributed by atoms with Crippen molar-refractivity contribution in [2.75, 3.05) is 13.2 Å². The maximum absolute atomic E-state index is 12.0.